The van der Waals surface area contributed by atoms with E-state index < -0.39 is 36.1 Å². The van der Waals surface area contributed by atoms with Gasteiger partial charge in [0.15, 0.2) is 5.75 Å². The van der Waals surface area contributed by atoms with Crippen molar-refractivity contribution >= 4 is 5.97 Å². The van der Waals surface area contributed by atoms with Crippen LogP contribution in [0.15, 0.2) is 6.07 Å². The van der Waals surface area contributed by atoms with Crippen LogP contribution in [0.4, 0.5) is 13.2 Å². The van der Waals surface area contributed by atoms with Crippen LogP contribution in [0.25, 0.3) is 0 Å². The van der Waals surface area contributed by atoms with Gasteiger partial charge >= 0.3 is 5.97 Å². The Morgan fingerprint density at radius 2 is 2.24 bits per heavy atom. The number of carbonyl (C=O) groups is 1. The first-order chi connectivity index (χ1) is 7.95. The zero-order valence-electron chi connectivity index (χ0n) is 8.91. The zero-order valence-corrected chi connectivity index (χ0v) is 8.91. The first-order valence-corrected chi connectivity index (χ1v) is 4.77. The van der Waals surface area contributed by atoms with E-state index in [-0.39, 0.29) is 12.3 Å². The second-order valence-electron chi connectivity index (χ2n) is 3.12. The van der Waals surface area contributed by atoms with Gasteiger partial charge in [-0.05, 0) is 13.0 Å². The van der Waals surface area contributed by atoms with Gasteiger partial charge in [-0.2, -0.15) is 4.39 Å². The minimum atomic E-state index is -3.05. The van der Waals surface area contributed by atoms with Crippen molar-refractivity contribution in [2.24, 2.45) is 0 Å². The van der Waals surface area contributed by atoms with Gasteiger partial charge in [0.05, 0.1) is 24.3 Å². The molecule has 0 saturated heterocycles. The Kier molecular flexibility index (Phi) is 4.30. The van der Waals surface area contributed by atoms with Crippen LogP contribution in [-0.4, -0.2) is 22.7 Å². The lowest BCUT2D eigenvalue weighted by atomic mass is 10.2. The second kappa shape index (κ2) is 5.51. The summed E-state index contributed by atoms with van der Waals surface area (Å²) in [7, 11) is 0. The molecule has 0 aliphatic rings. The molecule has 0 unspecified atom stereocenters. The van der Waals surface area contributed by atoms with Crippen LogP contribution in [-0.2, 0) is 16.0 Å². The highest BCUT2D eigenvalue weighted by Gasteiger charge is 2.20. The van der Waals surface area contributed by atoms with Crippen molar-refractivity contribution in [3.63, 3.8) is 0 Å². The normalized spacial score (nSPS) is 10.6. The molecule has 1 heterocycles. The third-order valence-electron chi connectivity index (χ3n) is 1.90. The fourth-order valence-corrected chi connectivity index (χ4v) is 1.20. The highest BCUT2D eigenvalue weighted by atomic mass is 19.3. The molecule has 7 heteroatoms. The maximum Gasteiger partial charge on any atom is 0.311 e. The monoisotopic (exact) mass is 249 g/mol. The quantitative estimate of drug-likeness (QED) is 0.654. The molecular weight excluding hydrogens is 239 g/mol. The van der Waals surface area contributed by atoms with Gasteiger partial charge in [0.1, 0.15) is 0 Å². The number of aromatic hydroxyl groups is 1. The molecule has 0 aliphatic heterocycles. The van der Waals surface area contributed by atoms with Crippen LogP contribution in [0.3, 0.4) is 0 Å². The lowest BCUT2D eigenvalue weighted by Crippen LogP contribution is -2.10. The molecule has 1 aromatic rings. The van der Waals surface area contributed by atoms with Crippen LogP contribution in [0, 0.1) is 5.95 Å². The third-order valence-corrected chi connectivity index (χ3v) is 1.90. The van der Waals surface area contributed by atoms with Crippen LogP contribution >= 0.6 is 0 Å². The number of ether oxygens (including phenoxy) is 1. The predicted octanol–water partition coefficient (Wildman–Crippen LogP) is 1.97. The minimum Gasteiger partial charge on any atom is -0.503 e. The summed E-state index contributed by atoms with van der Waals surface area (Å²) in [4.78, 5) is 14.2. The van der Waals surface area contributed by atoms with E-state index in [0.29, 0.717) is 0 Å². The molecule has 1 N–H and O–H groups in total. The molecule has 17 heavy (non-hydrogen) atoms. The minimum absolute atomic E-state index is 0.126. The van der Waals surface area contributed by atoms with Crippen LogP contribution in [0.2, 0.25) is 0 Å². The molecule has 0 amide bonds. The van der Waals surface area contributed by atoms with Crippen LogP contribution in [0.5, 0.6) is 5.75 Å². The van der Waals surface area contributed by atoms with E-state index in [1.807, 2.05) is 0 Å². The van der Waals surface area contributed by atoms with Crippen molar-refractivity contribution in [3.05, 3.63) is 23.3 Å². The second-order valence-corrected chi connectivity index (χ2v) is 3.12. The van der Waals surface area contributed by atoms with Gasteiger partial charge in [-0.1, -0.05) is 0 Å². The van der Waals surface area contributed by atoms with Gasteiger partial charge < -0.3 is 9.84 Å². The van der Waals surface area contributed by atoms with E-state index in [9.17, 15) is 18.0 Å². The fourth-order valence-electron chi connectivity index (χ4n) is 1.20. The summed E-state index contributed by atoms with van der Waals surface area (Å²) in [6, 6.07) is 0.778. The Balaban J connectivity index is 2.98. The van der Waals surface area contributed by atoms with Gasteiger partial charge in [-0.3, -0.25) is 4.79 Å². The van der Waals surface area contributed by atoms with Crippen molar-refractivity contribution in [2.45, 2.75) is 19.8 Å². The first-order valence-electron chi connectivity index (χ1n) is 4.77. The number of hydrogen-bond acceptors (Lipinski definition) is 4. The van der Waals surface area contributed by atoms with Gasteiger partial charge in [0.2, 0.25) is 0 Å². The van der Waals surface area contributed by atoms with Crippen molar-refractivity contribution in [2.75, 3.05) is 6.61 Å². The molecule has 0 saturated carbocycles. The maximum atomic E-state index is 13.0. The molecule has 0 aromatic carbocycles. The van der Waals surface area contributed by atoms with Crippen molar-refractivity contribution in [1.29, 1.82) is 0 Å². The highest BCUT2D eigenvalue weighted by Crippen LogP contribution is 2.30. The summed E-state index contributed by atoms with van der Waals surface area (Å²) >= 11 is 0. The van der Waals surface area contributed by atoms with Gasteiger partial charge in [-0.25, -0.2) is 13.8 Å². The summed E-state index contributed by atoms with van der Waals surface area (Å²) in [5.41, 5.74) is -1.11. The molecular formula is C10H10F3NO3. The summed E-state index contributed by atoms with van der Waals surface area (Å²) in [6.45, 7) is 1.70. The molecule has 94 valence electrons. The SMILES string of the molecule is CCOC(=O)Cc1cc(C(F)F)c(O)c(F)n1. The molecule has 0 bridgehead atoms. The van der Waals surface area contributed by atoms with Crippen molar-refractivity contribution in [3.8, 4) is 5.75 Å². The Morgan fingerprint density at radius 1 is 1.59 bits per heavy atom. The lowest BCUT2D eigenvalue weighted by molar-refractivity contribution is -0.142. The number of carbonyl (C=O) groups excluding carboxylic acids is 1. The number of rotatable bonds is 4. The maximum absolute atomic E-state index is 13.0. The Morgan fingerprint density at radius 3 is 2.76 bits per heavy atom. The summed E-state index contributed by atoms with van der Waals surface area (Å²) in [6.07, 6.45) is -3.47. The largest absolute Gasteiger partial charge is 0.503 e. The van der Waals surface area contributed by atoms with Crippen molar-refractivity contribution < 1.29 is 27.8 Å². The Bertz CT molecular complexity index is 424. The number of hydrogen-bond donors (Lipinski definition) is 1. The van der Waals surface area contributed by atoms with Crippen LogP contribution < -0.4 is 0 Å². The lowest BCUT2D eigenvalue weighted by Gasteiger charge is -2.07. The van der Waals surface area contributed by atoms with Crippen LogP contribution in [0.1, 0.15) is 24.6 Å². The predicted molar refractivity (Wildman–Crippen MR) is 51.2 cm³/mol. The Hall–Kier alpha value is -1.79. The highest BCUT2D eigenvalue weighted by molar-refractivity contribution is 5.72. The number of nitrogens with zero attached hydrogens (tertiary/aromatic N) is 1. The number of halogens is 3. The van der Waals surface area contributed by atoms with Crippen molar-refractivity contribution in [1.82, 2.24) is 4.98 Å². The molecule has 1 rings (SSSR count). The van der Waals surface area contributed by atoms with E-state index in [1.54, 1.807) is 6.92 Å². The number of aromatic nitrogens is 1. The fraction of sp³-hybridized carbons (Fsp3) is 0.400. The third kappa shape index (κ3) is 3.33. The molecule has 0 radical (unpaired) electrons. The summed E-state index contributed by atoms with van der Waals surface area (Å²) in [5.74, 6) is -3.33. The van der Waals surface area contributed by atoms with Gasteiger partial charge in [-0.15, -0.1) is 0 Å². The first kappa shape index (κ1) is 13.3. The van der Waals surface area contributed by atoms with E-state index in [4.69, 9.17) is 5.11 Å². The molecule has 1 aromatic heterocycles. The Labute approximate surface area is 95.0 Å². The summed E-state index contributed by atoms with van der Waals surface area (Å²) in [5, 5.41) is 9.00. The average molecular weight is 249 g/mol. The molecule has 0 atom stereocenters. The van der Waals surface area contributed by atoms with E-state index in [2.05, 4.69) is 9.72 Å². The average Bonchev–Trinajstić information content (AvgIpc) is 2.23. The molecule has 0 fully saturated rings. The topological polar surface area (TPSA) is 59.4 Å². The van der Waals surface area contributed by atoms with Gasteiger partial charge in [0.25, 0.3) is 12.4 Å². The molecule has 0 aliphatic carbocycles. The van der Waals surface area contributed by atoms with Gasteiger partial charge in [0, 0.05) is 0 Å². The van der Waals surface area contributed by atoms with E-state index in [1.165, 1.54) is 0 Å². The number of alkyl halides is 2. The standard InChI is InChI=1S/C10H10F3NO3/c1-2-17-7(15)4-5-3-6(9(11)12)8(16)10(13)14-5/h3,9,16H,2,4H2,1H3. The van der Waals surface area contributed by atoms with E-state index >= 15 is 0 Å². The van der Waals surface area contributed by atoms with E-state index in [0.717, 1.165) is 6.07 Å². The number of pyridine rings is 1. The zero-order chi connectivity index (χ0) is 13.0. The summed E-state index contributed by atoms with van der Waals surface area (Å²) < 4.78 is 42.4. The molecule has 0 spiro atoms. The molecule has 4 nitrogen and oxygen atoms in total. The smallest absolute Gasteiger partial charge is 0.311 e. The number of esters is 1.